The summed E-state index contributed by atoms with van der Waals surface area (Å²) in [5, 5.41) is 10.8. The van der Waals surface area contributed by atoms with Gasteiger partial charge in [-0.1, -0.05) is 23.5 Å². The molecule has 1 atom stereocenters. The number of para-hydroxylation sites is 1. The molecule has 1 unspecified atom stereocenters. The van der Waals surface area contributed by atoms with Crippen LogP contribution in [0.2, 0.25) is 0 Å². The molecule has 3 aromatic rings. The van der Waals surface area contributed by atoms with Crippen molar-refractivity contribution in [2.24, 2.45) is 5.92 Å². The first-order chi connectivity index (χ1) is 13.5. The summed E-state index contributed by atoms with van der Waals surface area (Å²) < 4.78 is 1.04. The van der Waals surface area contributed by atoms with E-state index in [0.717, 1.165) is 34.4 Å². The van der Waals surface area contributed by atoms with Gasteiger partial charge in [0.25, 0.3) is 0 Å². The van der Waals surface area contributed by atoms with Crippen molar-refractivity contribution >= 4 is 38.5 Å². The molecule has 0 radical (unpaired) electrons. The van der Waals surface area contributed by atoms with Crippen LogP contribution < -0.4 is 10.2 Å². The molecule has 0 spiro atoms. The van der Waals surface area contributed by atoms with Crippen molar-refractivity contribution in [3.8, 4) is 0 Å². The zero-order valence-corrected chi connectivity index (χ0v) is 16.8. The third kappa shape index (κ3) is 3.64. The van der Waals surface area contributed by atoms with Crippen LogP contribution in [0.3, 0.4) is 0 Å². The second-order valence-electron chi connectivity index (χ2n) is 7.18. The molecule has 2 amide bonds. The molecule has 1 aliphatic rings. The lowest BCUT2D eigenvalue weighted by molar-refractivity contribution is -0.126. The van der Waals surface area contributed by atoms with Gasteiger partial charge in [0, 0.05) is 25.2 Å². The summed E-state index contributed by atoms with van der Waals surface area (Å²) in [5.41, 5.74) is 4.19. The molecular weight excluding hydrogens is 374 g/mol. The topological polar surface area (TPSA) is 91.0 Å². The van der Waals surface area contributed by atoms with Gasteiger partial charge in [-0.2, -0.15) is 5.10 Å². The number of carbonyl (C=O) groups is 2. The van der Waals surface area contributed by atoms with Crippen molar-refractivity contribution in [1.82, 2.24) is 20.5 Å². The second kappa shape index (κ2) is 7.71. The van der Waals surface area contributed by atoms with Crippen LogP contribution in [0, 0.1) is 19.8 Å². The Morgan fingerprint density at radius 1 is 1.36 bits per heavy atom. The number of aromatic amines is 1. The van der Waals surface area contributed by atoms with Crippen molar-refractivity contribution < 1.29 is 9.59 Å². The van der Waals surface area contributed by atoms with Gasteiger partial charge in [-0.25, -0.2) is 4.98 Å². The fourth-order valence-corrected chi connectivity index (χ4v) is 4.60. The number of hydrogen-bond donors (Lipinski definition) is 2. The number of nitrogens with zero attached hydrogens (tertiary/aromatic N) is 3. The maximum absolute atomic E-state index is 12.5. The van der Waals surface area contributed by atoms with E-state index >= 15 is 0 Å². The Bertz CT molecular complexity index is 972. The Balaban J connectivity index is 1.31. The molecule has 0 saturated carbocycles. The summed E-state index contributed by atoms with van der Waals surface area (Å²) in [5.74, 6) is -0.418. The summed E-state index contributed by atoms with van der Waals surface area (Å²) in [6, 6.07) is 7.81. The van der Waals surface area contributed by atoms with Gasteiger partial charge in [-0.3, -0.25) is 19.6 Å². The van der Waals surface area contributed by atoms with Crippen LogP contribution in [0.25, 0.3) is 10.2 Å². The first-order valence-corrected chi connectivity index (χ1v) is 10.3. The molecule has 1 aromatic carbocycles. The maximum atomic E-state index is 12.5. The van der Waals surface area contributed by atoms with Gasteiger partial charge in [-0.05, 0) is 44.4 Å². The van der Waals surface area contributed by atoms with Crippen molar-refractivity contribution in [2.45, 2.75) is 33.1 Å². The van der Waals surface area contributed by atoms with Gasteiger partial charge < -0.3 is 5.32 Å². The molecule has 7 nitrogen and oxygen atoms in total. The molecule has 1 aliphatic heterocycles. The largest absolute Gasteiger partial charge is 0.356 e. The predicted molar refractivity (Wildman–Crippen MR) is 109 cm³/mol. The zero-order chi connectivity index (χ0) is 19.7. The SMILES string of the molecule is Cc1n[nH]c(C)c1CCCNC(=O)C1CC(=O)N(c2nc3ccccc3s2)C1. The van der Waals surface area contributed by atoms with E-state index in [1.807, 2.05) is 38.1 Å². The molecule has 2 aromatic heterocycles. The van der Waals surface area contributed by atoms with E-state index in [2.05, 4.69) is 20.5 Å². The number of anilines is 1. The molecule has 2 N–H and O–H groups in total. The lowest BCUT2D eigenvalue weighted by Crippen LogP contribution is -2.33. The molecule has 3 heterocycles. The standard InChI is InChI=1S/C20H23N5O2S/c1-12-15(13(2)24-23-12)6-5-9-21-19(27)14-10-18(26)25(11-14)20-22-16-7-3-4-8-17(16)28-20/h3-4,7-8,14H,5-6,9-11H2,1-2H3,(H,21,27)(H,23,24). The lowest BCUT2D eigenvalue weighted by Gasteiger charge is -2.13. The van der Waals surface area contributed by atoms with Crippen LogP contribution in [-0.4, -0.2) is 40.1 Å². The molecular formula is C20H23N5O2S. The fourth-order valence-electron chi connectivity index (χ4n) is 3.61. The minimum Gasteiger partial charge on any atom is -0.356 e. The van der Waals surface area contributed by atoms with Gasteiger partial charge >= 0.3 is 0 Å². The van der Waals surface area contributed by atoms with Crippen LogP contribution >= 0.6 is 11.3 Å². The fraction of sp³-hybridized carbons (Fsp3) is 0.400. The van der Waals surface area contributed by atoms with Crippen LogP contribution in [0.1, 0.15) is 29.8 Å². The van der Waals surface area contributed by atoms with E-state index in [-0.39, 0.29) is 24.2 Å². The van der Waals surface area contributed by atoms with Gasteiger partial charge in [-0.15, -0.1) is 0 Å². The van der Waals surface area contributed by atoms with Gasteiger partial charge in [0.1, 0.15) is 0 Å². The van der Waals surface area contributed by atoms with Gasteiger partial charge in [0.2, 0.25) is 11.8 Å². The summed E-state index contributed by atoms with van der Waals surface area (Å²) in [6.07, 6.45) is 1.95. The Morgan fingerprint density at radius 3 is 2.93 bits per heavy atom. The number of benzene rings is 1. The minimum absolute atomic E-state index is 0.0381. The van der Waals surface area contributed by atoms with Crippen molar-refractivity contribution in [2.75, 3.05) is 18.0 Å². The number of aromatic nitrogens is 3. The number of aryl methyl sites for hydroxylation is 2. The van der Waals surface area contributed by atoms with Crippen molar-refractivity contribution in [1.29, 1.82) is 0 Å². The smallest absolute Gasteiger partial charge is 0.229 e. The second-order valence-corrected chi connectivity index (χ2v) is 8.19. The van der Waals surface area contributed by atoms with E-state index in [1.165, 1.54) is 16.9 Å². The highest BCUT2D eigenvalue weighted by Crippen LogP contribution is 2.32. The Labute approximate surface area is 167 Å². The quantitative estimate of drug-likeness (QED) is 0.626. The molecule has 1 saturated heterocycles. The van der Waals surface area contributed by atoms with Crippen LogP contribution in [0.15, 0.2) is 24.3 Å². The molecule has 0 bridgehead atoms. The van der Waals surface area contributed by atoms with E-state index in [0.29, 0.717) is 18.2 Å². The number of nitrogens with one attached hydrogen (secondary N) is 2. The number of H-pyrrole nitrogens is 1. The monoisotopic (exact) mass is 397 g/mol. The number of amides is 2. The van der Waals surface area contributed by atoms with E-state index < -0.39 is 0 Å². The number of thiazole rings is 1. The van der Waals surface area contributed by atoms with Crippen molar-refractivity contribution in [3.63, 3.8) is 0 Å². The number of fused-ring (bicyclic) bond motifs is 1. The highest BCUT2D eigenvalue weighted by molar-refractivity contribution is 7.22. The Hall–Kier alpha value is -2.74. The first-order valence-electron chi connectivity index (χ1n) is 9.47. The predicted octanol–water partition coefficient (Wildman–Crippen LogP) is 2.74. The minimum atomic E-state index is -0.322. The molecule has 146 valence electrons. The Morgan fingerprint density at radius 2 is 2.18 bits per heavy atom. The summed E-state index contributed by atoms with van der Waals surface area (Å²) in [6.45, 7) is 4.98. The van der Waals surface area contributed by atoms with E-state index in [4.69, 9.17) is 0 Å². The first kappa shape index (κ1) is 18.6. The summed E-state index contributed by atoms with van der Waals surface area (Å²) in [4.78, 5) is 31.1. The van der Waals surface area contributed by atoms with E-state index in [9.17, 15) is 9.59 Å². The van der Waals surface area contributed by atoms with Gasteiger partial charge in [0.05, 0.1) is 21.8 Å². The van der Waals surface area contributed by atoms with Crippen LogP contribution in [0.5, 0.6) is 0 Å². The Kier molecular flexibility index (Phi) is 5.13. The average Bonchev–Trinajstić information content (AvgIpc) is 3.36. The zero-order valence-electron chi connectivity index (χ0n) is 16.0. The summed E-state index contributed by atoms with van der Waals surface area (Å²) >= 11 is 1.49. The molecule has 8 heteroatoms. The number of hydrogen-bond acceptors (Lipinski definition) is 5. The highest BCUT2D eigenvalue weighted by atomic mass is 32.1. The molecule has 0 aliphatic carbocycles. The maximum Gasteiger partial charge on any atom is 0.229 e. The number of carbonyl (C=O) groups excluding carboxylic acids is 2. The van der Waals surface area contributed by atoms with E-state index in [1.54, 1.807) is 4.90 Å². The molecule has 28 heavy (non-hydrogen) atoms. The highest BCUT2D eigenvalue weighted by Gasteiger charge is 2.36. The van der Waals surface area contributed by atoms with Crippen molar-refractivity contribution in [3.05, 3.63) is 41.2 Å². The van der Waals surface area contributed by atoms with Crippen LogP contribution in [-0.2, 0) is 16.0 Å². The summed E-state index contributed by atoms with van der Waals surface area (Å²) in [7, 11) is 0. The van der Waals surface area contributed by atoms with Gasteiger partial charge in [0.15, 0.2) is 5.13 Å². The normalized spacial score (nSPS) is 16.9. The number of rotatable bonds is 6. The molecule has 4 rings (SSSR count). The third-order valence-corrected chi connectivity index (χ3v) is 6.25. The lowest BCUT2D eigenvalue weighted by atomic mass is 10.1. The third-order valence-electron chi connectivity index (χ3n) is 5.19. The molecule has 1 fully saturated rings. The average molecular weight is 398 g/mol. The van der Waals surface area contributed by atoms with Crippen LogP contribution in [0.4, 0.5) is 5.13 Å².